The minimum atomic E-state index is -0.138. The molecule has 4 heterocycles. The molecule has 3 aliphatic rings. The van der Waals surface area contributed by atoms with E-state index in [0.29, 0.717) is 38.9 Å². The Morgan fingerprint density at radius 3 is 2.76 bits per heavy atom. The van der Waals surface area contributed by atoms with Crippen LogP contribution in [-0.2, 0) is 14.3 Å². The Hall–Kier alpha value is -1.93. The molecule has 0 unspecified atom stereocenters. The summed E-state index contributed by atoms with van der Waals surface area (Å²) in [5, 5.41) is 0. The minimum absolute atomic E-state index is 0.00482. The number of nitrogens with zero attached hydrogens (tertiary/aromatic N) is 3. The Kier molecular flexibility index (Phi) is 4.72. The third-order valence-corrected chi connectivity index (χ3v) is 5.26. The predicted molar refractivity (Wildman–Crippen MR) is 90.8 cm³/mol. The Bertz CT molecular complexity index is 679. The van der Waals surface area contributed by atoms with Crippen LogP contribution >= 0.6 is 0 Å². The quantitative estimate of drug-likeness (QED) is 0.825. The van der Waals surface area contributed by atoms with Crippen molar-refractivity contribution in [2.24, 2.45) is 5.92 Å². The molecule has 0 bridgehead atoms. The van der Waals surface area contributed by atoms with Gasteiger partial charge in [0.15, 0.2) is 0 Å². The van der Waals surface area contributed by atoms with Crippen LogP contribution in [0.2, 0.25) is 0 Å². The number of nitrogens with one attached hydrogen (secondary N) is 1. The molecule has 2 atom stereocenters. The molecule has 25 heavy (non-hydrogen) atoms. The molecule has 1 aromatic heterocycles. The van der Waals surface area contributed by atoms with Crippen molar-refractivity contribution in [3.05, 3.63) is 22.1 Å². The molecular formula is C17H24N4O4. The second-order valence-corrected chi connectivity index (χ2v) is 6.92. The van der Waals surface area contributed by atoms with Crippen LogP contribution in [0.15, 0.2) is 10.9 Å². The monoisotopic (exact) mass is 348 g/mol. The fraction of sp³-hybridized carbons (Fsp3) is 0.706. The molecule has 8 nitrogen and oxygen atoms in total. The lowest BCUT2D eigenvalue weighted by Crippen LogP contribution is -2.38. The van der Waals surface area contributed by atoms with Gasteiger partial charge in [-0.3, -0.25) is 14.6 Å². The maximum absolute atomic E-state index is 12.5. The first kappa shape index (κ1) is 16.5. The zero-order valence-corrected chi connectivity index (χ0v) is 14.3. The Morgan fingerprint density at radius 1 is 1.16 bits per heavy atom. The summed E-state index contributed by atoms with van der Waals surface area (Å²) in [6.07, 6.45) is 1.66. The maximum atomic E-state index is 12.5. The Balaban J connectivity index is 1.47. The molecule has 0 aromatic carbocycles. The van der Waals surface area contributed by atoms with Gasteiger partial charge in [0, 0.05) is 44.8 Å². The van der Waals surface area contributed by atoms with Crippen molar-refractivity contribution in [1.29, 1.82) is 0 Å². The van der Waals surface area contributed by atoms with Gasteiger partial charge in [-0.2, -0.15) is 0 Å². The van der Waals surface area contributed by atoms with E-state index < -0.39 is 0 Å². The minimum Gasteiger partial charge on any atom is -0.381 e. The SMILES string of the molecule is O=C([C@@H]1CCOC1)N1CC[C@@H](c2cc(=O)[nH]c(N3CCOCC3)n2)C1. The second kappa shape index (κ2) is 7.13. The van der Waals surface area contributed by atoms with E-state index >= 15 is 0 Å². The molecule has 0 spiro atoms. The van der Waals surface area contributed by atoms with Crippen LogP contribution in [0.25, 0.3) is 0 Å². The van der Waals surface area contributed by atoms with Gasteiger partial charge in [0.1, 0.15) is 0 Å². The Labute approximate surface area is 146 Å². The summed E-state index contributed by atoms with van der Waals surface area (Å²) in [4.78, 5) is 36.1. The number of H-pyrrole nitrogens is 1. The topological polar surface area (TPSA) is 87.8 Å². The first-order valence-corrected chi connectivity index (χ1v) is 9.01. The van der Waals surface area contributed by atoms with E-state index in [2.05, 4.69) is 9.97 Å². The normalized spacial score (nSPS) is 27.0. The number of ether oxygens (including phenoxy) is 2. The summed E-state index contributed by atoms with van der Waals surface area (Å²) in [7, 11) is 0. The number of morpholine rings is 1. The van der Waals surface area contributed by atoms with E-state index in [1.165, 1.54) is 0 Å². The molecule has 8 heteroatoms. The third kappa shape index (κ3) is 3.55. The van der Waals surface area contributed by atoms with Gasteiger partial charge in [-0.05, 0) is 12.8 Å². The van der Waals surface area contributed by atoms with E-state index in [4.69, 9.17) is 9.47 Å². The molecule has 1 aromatic rings. The summed E-state index contributed by atoms with van der Waals surface area (Å²) < 4.78 is 10.7. The number of likely N-dealkylation sites (tertiary alicyclic amines) is 1. The lowest BCUT2D eigenvalue weighted by Gasteiger charge is -2.27. The van der Waals surface area contributed by atoms with Gasteiger partial charge in [-0.1, -0.05) is 0 Å². The summed E-state index contributed by atoms with van der Waals surface area (Å²) >= 11 is 0. The average molecular weight is 348 g/mol. The van der Waals surface area contributed by atoms with Gasteiger partial charge in [-0.15, -0.1) is 0 Å². The fourth-order valence-electron chi connectivity index (χ4n) is 3.79. The summed E-state index contributed by atoms with van der Waals surface area (Å²) in [5.41, 5.74) is 0.642. The highest BCUT2D eigenvalue weighted by atomic mass is 16.5. The number of hydrogen-bond acceptors (Lipinski definition) is 6. The van der Waals surface area contributed by atoms with Crippen molar-refractivity contribution in [3.63, 3.8) is 0 Å². The van der Waals surface area contributed by atoms with Crippen molar-refractivity contribution >= 4 is 11.9 Å². The lowest BCUT2D eigenvalue weighted by molar-refractivity contribution is -0.134. The lowest BCUT2D eigenvalue weighted by atomic mass is 10.0. The number of carbonyl (C=O) groups excluding carboxylic acids is 1. The van der Waals surface area contributed by atoms with Crippen molar-refractivity contribution in [2.45, 2.75) is 18.8 Å². The van der Waals surface area contributed by atoms with Crippen molar-refractivity contribution in [1.82, 2.24) is 14.9 Å². The number of hydrogen-bond donors (Lipinski definition) is 1. The van der Waals surface area contributed by atoms with Crippen molar-refractivity contribution in [2.75, 3.05) is 57.5 Å². The van der Waals surface area contributed by atoms with E-state index in [-0.39, 0.29) is 23.3 Å². The predicted octanol–water partition coefficient (Wildman–Crippen LogP) is -0.0411. The van der Waals surface area contributed by atoms with Crippen LogP contribution in [0.3, 0.4) is 0 Å². The number of aromatic amines is 1. The van der Waals surface area contributed by atoms with Gasteiger partial charge in [0.05, 0.1) is 31.4 Å². The van der Waals surface area contributed by atoms with E-state index in [1.807, 2.05) is 9.80 Å². The molecule has 0 aliphatic carbocycles. The van der Waals surface area contributed by atoms with Crippen LogP contribution in [0.1, 0.15) is 24.5 Å². The molecule has 0 saturated carbocycles. The van der Waals surface area contributed by atoms with E-state index in [9.17, 15) is 9.59 Å². The first-order chi connectivity index (χ1) is 12.2. The smallest absolute Gasteiger partial charge is 0.252 e. The number of aromatic nitrogens is 2. The highest BCUT2D eigenvalue weighted by Gasteiger charge is 2.34. The number of amides is 1. The van der Waals surface area contributed by atoms with Crippen molar-refractivity contribution in [3.8, 4) is 0 Å². The summed E-state index contributed by atoms with van der Waals surface area (Å²) in [6, 6.07) is 1.57. The third-order valence-electron chi connectivity index (χ3n) is 5.26. The zero-order chi connectivity index (χ0) is 17.2. The molecule has 1 amide bonds. The van der Waals surface area contributed by atoms with Crippen LogP contribution in [-0.4, -0.2) is 73.4 Å². The molecule has 3 fully saturated rings. The van der Waals surface area contributed by atoms with Crippen molar-refractivity contribution < 1.29 is 14.3 Å². The summed E-state index contributed by atoms with van der Waals surface area (Å²) in [6.45, 7) is 5.30. The van der Waals surface area contributed by atoms with Gasteiger partial charge >= 0.3 is 0 Å². The molecule has 3 saturated heterocycles. The maximum Gasteiger partial charge on any atom is 0.252 e. The molecule has 4 rings (SSSR count). The van der Waals surface area contributed by atoms with E-state index in [1.54, 1.807) is 6.07 Å². The first-order valence-electron chi connectivity index (χ1n) is 9.01. The molecule has 136 valence electrons. The fourth-order valence-corrected chi connectivity index (χ4v) is 3.79. The number of anilines is 1. The standard InChI is InChI=1S/C17H24N4O4/c22-15-9-14(18-17(19-15)20-4-7-24-8-5-20)12-1-3-21(10-12)16(23)13-2-6-25-11-13/h9,12-13H,1-8,10-11H2,(H,18,19,22)/t12-,13-/m1/s1. The number of rotatable bonds is 3. The summed E-state index contributed by atoms with van der Waals surface area (Å²) in [5.74, 6) is 0.904. The van der Waals surface area contributed by atoms with Crippen LogP contribution in [0.4, 0.5) is 5.95 Å². The second-order valence-electron chi connectivity index (χ2n) is 6.92. The zero-order valence-electron chi connectivity index (χ0n) is 14.3. The van der Waals surface area contributed by atoms with Gasteiger partial charge < -0.3 is 19.3 Å². The van der Waals surface area contributed by atoms with Gasteiger partial charge in [0.25, 0.3) is 5.56 Å². The van der Waals surface area contributed by atoms with Gasteiger partial charge in [-0.25, -0.2) is 4.98 Å². The highest BCUT2D eigenvalue weighted by molar-refractivity contribution is 5.79. The molecule has 0 radical (unpaired) electrons. The van der Waals surface area contributed by atoms with Crippen LogP contribution < -0.4 is 10.5 Å². The van der Waals surface area contributed by atoms with E-state index in [0.717, 1.165) is 38.2 Å². The molecule has 3 aliphatic heterocycles. The average Bonchev–Trinajstić information content (AvgIpc) is 3.33. The Morgan fingerprint density at radius 2 is 2.00 bits per heavy atom. The van der Waals surface area contributed by atoms with Crippen LogP contribution in [0, 0.1) is 5.92 Å². The van der Waals surface area contributed by atoms with Gasteiger partial charge in [0.2, 0.25) is 11.9 Å². The van der Waals surface area contributed by atoms with Crippen LogP contribution in [0.5, 0.6) is 0 Å². The number of carbonyl (C=O) groups is 1. The molecule has 1 N–H and O–H groups in total. The largest absolute Gasteiger partial charge is 0.381 e. The molecular weight excluding hydrogens is 324 g/mol. The highest BCUT2D eigenvalue weighted by Crippen LogP contribution is 2.28.